The zero-order valence-corrected chi connectivity index (χ0v) is 11.1. The van der Waals surface area contributed by atoms with Gasteiger partial charge in [0.15, 0.2) is 0 Å². The summed E-state index contributed by atoms with van der Waals surface area (Å²) in [6.07, 6.45) is 0. The van der Waals surface area contributed by atoms with Crippen LogP contribution >= 0.6 is 22.6 Å². The van der Waals surface area contributed by atoms with Gasteiger partial charge in [-0.2, -0.15) is 0 Å². The van der Waals surface area contributed by atoms with E-state index in [1.807, 2.05) is 24.3 Å². The van der Waals surface area contributed by atoms with Gasteiger partial charge < -0.3 is 4.90 Å². The number of carbonyl (C=O) groups is 1. The third-order valence-corrected chi connectivity index (χ3v) is 3.04. The van der Waals surface area contributed by atoms with Gasteiger partial charge in [-0.15, -0.1) is 0 Å². The van der Waals surface area contributed by atoms with Crippen LogP contribution in [-0.4, -0.2) is 19.0 Å². The van der Waals surface area contributed by atoms with Crippen LogP contribution in [-0.2, 0) is 4.79 Å². The van der Waals surface area contributed by atoms with Crippen molar-refractivity contribution < 1.29 is 4.79 Å². The molecular formula is C10H11IN4O. The van der Waals surface area contributed by atoms with Gasteiger partial charge in [0.25, 0.3) is 0 Å². The first-order valence-electron chi connectivity index (χ1n) is 4.64. The molecule has 1 atom stereocenters. The molecule has 0 aromatic heterocycles. The molecule has 1 rings (SSSR count). The van der Waals surface area contributed by atoms with E-state index in [-0.39, 0.29) is 5.91 Å². The summed E-state index contributed by atoms with van der Waals surface area (Å²) in [6, 6.07) is 6.84. The largest absolute Gasteiger partial charge is 0.314 e. The first-order valence-corrected chi connectivity index (χ1v) is 5.72. The van der Waals surface area contributed by atoms with Gasteiger partial charge in [-0.25, -0.2) is 0 Å². The van der Waals surface area contributed by atoms with Crippen molar-refractivity contribution in [2.75, 3.05) is 11.9 Å². The normalized spacial score (nSPS) is 11.4. The number of amides is 1. The molecule has 0 fully saturated rings. The maximum absolute atomic E-state index is 11.8. The minimum Gasteiger partial charge on any atom is -0.314 e. The Morgan fingerprint density at radius 1 is 1.56 bits per heavy atom. The van der Waals surface area contributed by atoms with E-state index in [0.29, 0.717) is 0 Å². The summed E-state index contributed by atoms with van der Waals surface area (Å²) in [5, 5.41) is 3.39. The molecule has 0 saturated carbocycles. The Bertz CT molecular complexity index is 442. The molecule has 0 aliphatic heterocycles. The summed E-state index contributed by atoms with van der Waals surface area (Å²) in [5.41, 5.74) is 9.09. The fraction of sp³-hybridized carbons (Fsp3) is 0.300. The molecular weight excluding hydrogens is 319 g/mol. The Hall–Kier alpha value is -1.27. The van der Waals surface area contributed by atoms with E-state index in [0.717, 1.165) is 9.26 Å². The molecule has 6 heteroatoms. The maximum Gasteiger partial charge on any atom is 0.235 e. The summed E-state index contributed by atoms with van der Waals surface area (Å²) in [4.78, 5) is 16.0. The number of nitrogens with zero attached hydrogens (tertiary/aromatic N) is 4. The maximum atomic E-state index is 11.8. The molecule has 0 aliphatic carbocycles. The van der Waals surface area contributed by atoms with Crippen molar-refractivity contribution >= 4 is 34.2 Å². The molecule has 1 aromatic carbocycles. The number of rotatable bonds is 3. The number of hydrogen-bond donors (Lipinski definition) is 0. The van der Waals surface area contributed by atoms with E-state index in [1.54, 1.807) is 14.0 Å². The van der Waals surface area contributed by atoms with Crippen LogP contribution in [0.3, 0.4) is 0 Å². The lowest BCUT2D eigenvalue weighted by Crippen LogP contribution is -2.34. The molecule has 0 bridgehead atoms. The van der Waals surface area contributed by atoms with Crippen molar-refractivity contribution in [3.63, 3.8) is 0 Å². The highest BCUT2D eigenvalue weighted by Crippen LogP contribution is 2.21. The Morgan fingerprint density at radius 3 is 2.75 bits per heavy atom. The number of hydrogen-bond acceptors (Lipinski definition) is 2. The first kappa shape index (κ1) is 12.8. The fourth-order valence-electron chi connectivity index (χ4n) is 1.25. The van der Waals surface area contributed by atoms with Gasteiger partial charge in [0.2, 0.25) is 5.91 Å². The van der Waals surface area contributed by atoms with E-state index in [9.17, 15) is 4.79 Å². The lowest BCUT2D eigenvalue weighted by Gasteiger charge is -2.20. The monoisotopic (exact) mass is 330 g/mol. The van der Waals surface area contributed by atoms with Crippen molar-refractivity contribution in [3.8, 4) is 0 Å². The smallest absolute Gasteiger partial charge is 0.235 e. The van der Waals surface area contributed by atoms with Crippen molar-refractivity contribution in [3.05, 3.63) is 38.3 Å². The lowest BCUT2D eigenvalue weighted by molar-refractivity contribution is -0.119. The molecule has 0 spiro atoms. The number of benzene rings is 1. The van der Waals surface area contributed by atoms with Crippen LogP contribution in [0.25, 0.3) is 10.4 Å². The van der Waals surface area contributed by atoms with E-state index in [4.69, 9.17) is 5.53 Å². The SMILES string of the molecule is CC(N=[N+]=[N-])C(=O)N(C)c1ccccc1I. The van der Waals surface area contributed by atoms with Gasteiger partial charge in [-0.1, -0.05) is 17.2 Å². The average molecular weight is 330 g/mol. The Balaban J connectivity index is 2.94. The molecule has 1 amide bonds. The lowest BCUT2D eigenvalue weighted by atomic mass is 10.2. The number of carbonyl (C=O) groups excluding carboxylic acids is 1. The zero-order chi connectivity index (χ0) is 12.1. The predicted octanol–water partition coefficient (Wildman–Crippen LogP) is 2.95. The van der Waals surface area contributed by atoms with E-state index >= 15 is 0 Å². The van der Waals surface area contributed by atoms with E-state index < -0.39 is 6.04 Å². The second-order valence-corrected chi connectivity index (χ2v) is 4.39. The number of para-hydroxylation sites is 1. The third kappa shape index (κ3) is 2.86. The minimum atomic E-state index is -0.689. The second-order valence-electron chi connectivity index (χ2n) is 3.23. The van der Waals surface area contributed by atoms with Crippen LogP contribution < -0.4 is 4.90 Å². The minimum absolute atomic E-state index is 0.220. The highest BCUT2D eigenvalue weighted by molar-refractivity contribution is 14.1. The zero-order valence-electron chi connectivity index (χ0n) is 8.96. The average Bonchev–Trinajstić information content (AvgIpc) is 2.28. The summed E-state index contributed by atoms with van der Waals surface area (Å²) < 4.78 is 0.976. The van der Waals surface area contributed by atoms with Crippen molar-refractivity contribution in [1.82, 2.24) is 0 Å². The Labute approximate surface area is 107 Å². The highest BCUT2D eigenvalue weighted by atomic mass is 127. The van der Waals surface area contributed by atoms with Crippen LogP contribution in [0.1, 0.15) is 6.92 Å². The van der Waals surface area contributed by atoms with Crippen LogP contribution in [0.2, 0.25) is 0 Å². The molecule has 5 nitrogen and oxygen atoms in total. The summed E-state index contributed by atoms with van der Waals surface area (Å²) >= 11 is 2.16. The van der Waals surface area contributed by atoms with Gasteiger partial charge in [0.05, 0.1) is 5.69 Å². The molecule has 84 valence electrons. The van der Waals surface area contributed by atoms with Crippen molar-refractivity contribution in [2.24, 2.45) is 5.11 Å². The summed E-state index contributed by atoms with van der Waals surface area (Å²) in [7, 11) is 1.67. The standard InChI is InChI=1S/C10H11IN4O/c1-7(13-14-12)10(16)15(2)9-6-4-3-5-8(9)11/h3-7H,1-2H3. The third-order valence-electron chi connectivity index (χ3n) is 2.13. The van der Waals surface area contributed by atoms with Gasteiger partial charge in [0, 0.05) is 15.5 Å². The summed E-state index contributed by atoms with van der Waals surface area (Å²) in [5.74, 6) is -0.220. The number of anilines is 1. The molecule has 0 N–H and O–H groups in total. The molecule has 1 aromatic rings. The van der Waals surface area contributed by atoms with Crippen LogP contribution in [0.4, 0.5) is 5.69 Å². The molecule has 1 unspecified atom stereocenters. The van der Waals surface area contributed by atoms with Gasteiger partial charge in [0.1, 0.15) is 6.04 Å². The molecule has 16 heavy (non-hydrogen) atoms. The highest BCUT2D eigenvalue weighted by Gasteiger charge is 2.18. The first-order chi connectivity index (χ1) is 7.57. The summed E-state index contributed by atoms with van der Waals surface area (Å²) in [6.45, 7) is 1.58. The predicted molar refractivity (Wildman–Crippen MR) is 71.2 cm³/mol. The number of likely N-dealkylation sites (N-methyl/N-ethyl adjacent to an activating group) is 1. The van der Waals surface area contributed by atoms with Crippen molar-refractivity contribution in [2.45, 2.75) is 13.0 Å². The number of halogens is 1. The fourth-order valence-corrected chi connectivity index (χ4v) is 2.00. The topological polar surface area (TPSA) is 69.1 Å². The number of azide groups is 1. The van der Waals surface area contributed by atoms with Crippen LogP contribution in [0, 0.1) is 3.57 Å². The Morgan fingerprint density at radius 2 is 2.19 bits per heavy atom. The van der Waals surface area contributed by atoms with E-state index in [1.165, 1.54) is 4.90 Å². The van der Waals surface area contributed by atoms with E-state index in [2.05, 4.69) is 32.6 Å². The van der Waals surface area contributed by atoms with Gasteiger partial charge in [-0.05, 0) is 47.2 Å². The van der Waals surface area contributed by atoms with Gasteiger partial charge >= 0.3 is 0 Å². The quantitative estimate of drug-likeness (QED) is 0.364. The molecule has 0 radical (unpaired) electrons. The second kappa shape index (κ2) is 5.72. The van der Waals surface area contributed by atoms with Crippen LogP contribution in [0.15, 0.2) is 29.4 Å². The molecule has 0 saturated heterocycles. The molecule has 0 aliphatic rings. The van der Waals surface area contributed by atoms with Crippen molar-refractivity contribution in [1.29, 1.82) is 0 Å². The Kier molecular flexibility index (Phi) is 4.57. The van der Waals surface area contributed by atoms with Gasteiger partial charge in [-0.3, -0.25) is 4.79 Å². The van der Waals surface area contributed by atoms with Crippen LogP contribution in [0.5, 0.6) is 0 Å². The molecule has 0 heterocycles.